The van der Waals surface area contributed by atoms with Crippen molar-refractivity contribution in [1.29, 1.82) is 0 Å². The maximum atomic E-state index is 14.6. The van der Waals surface area contributed by atoms with Gasteiger partial charge >= 0.3 is 12.1 Å². The highest BCUT2D eigenvalue weighted by atomic mass is 28.3. The minimum Gasteiger partial charge on any atom is -0.492 e. The predicted molar refractivity (Wildman–Crippen MR) is 167 cm³/mol. The third-order valence-electron chi connectivity index (χ3n) is 7.01. The molecule has 2 heterocycles. The highest BCUT2D eigenvalue weighted by molar-refractivity contribution is 6.76. The van der Waals surface area contributed by atoms with Crippen molar-refractivity contribution in [2.45, 2.75) is 52.4 Å². The van der Waals surface area contributed by atoms with Crippen LogP contribution < -0.4 is 4.74 Å². The average molecular weight is 626 g/mol. The predicted octanol–water partition coefficient (Wildman–Crippen LogP) is 8.19. The quantitative estimate of drug-likeness (QED) is 0.0898. The van der Waals surface area contributed by atoms with Gasteiger partial charge in [-0.2, -0.15) is 13.2 Å². The van der Waals surface area contributed by atoms with E-state index >= 15 is 0 Å². The Balaban J connectivity index is 1.63. The molecule has 234 valence electrons. The number of carbonyl (C=O) groups is 1. The lowest BCUT2D eigenvalue weighted by atomic mass is 9.95. The summed E-state index contributed by atoms with van der Waals surface area (Å²) >= 11 is 0. The van der Waals surface area contributed by atoms with Gasteiger partial charge < -0.3 is 14.2 Å². The van der Waals surface area contributed by atoms with Crippen molar-refractivity contribution in [2.24, 2.45) is 5.41 Å². The van der Waals surface area contributed by atoms with Crippen LogP contribution in [0, 0.1) is 5.41 Å². The van der Waals surface area contributed by atoms with Gasteiger partial charge in [-0.05, 0) is 56.3 Å². The van der Waals surface area contributed by atoms with Crippen LogP contribution in [0.4, 0.5) is 13.2 Å². The lowest BCUT2D eigenvalue weighted by Gasteiger charge is -2.21. The number of carbonyl (C=O) groups excluding carboxylic acids is 1. The monoisotopic (exact) mass is 625 g/mol. The number of pyridine rings is 1. The summed E-state index contributed by atoms with van der Waals surface area (Å²) in [7, 11) is -0.102. The van der Waals surface area contributed by atoms with E-state index in [1.807, 2.05) is 12.1 Å². The molecule has 2 aromatic carbocycles. The number of methoxy groups -OCH3 is 1. The van der Waals surface area contributed by atoms with Gasteiger partial charge in [0.15, 0.2) is 5.69 Å². The number of benzene rings is 2. The smallest absolute Gasteiger partial charge is 0.433 e. The van der Waals surface area contributed by atoms with Gasteiger partial charge in [0.05, 0.1) is 18.2 Å². The van der Waals surface area contributed by atoms with Gasteiger partial charge in [0.1, 0.15) is 30.6 Å². The van der Waals surface area contributed by atoms with Crippen LogP contribution in [-0.2, 0) is 27.2 Å². The first-order valence-electron chi connectivity index (χ1n) is 14.3. The Hall–Kier alpha value is -3.96. The Morgan fingerprint density at radius 2 is 1.57 bits per heavy atom. The summed E-state index contributed by atoms with van der Waals surface area (Å²) in [6, 6.07) is 19.8. The molecule has 0 aliphatic carbocycles. The molecule has 0 unspecified atom stereocenters. The van der Waals surface area contributed by atoms with E-state index in [1.165, 1.54) is 13.3 Å². The Bertz CT molecular complexity index is 1550. The molecule has 4 aromatic rings. The fourth-order valence-corrected chi connectivity index (χ4v) is 5.19. The van der Waals surface area contributed by atoms with Crippen LogP contribution >= 0.6 is 0 Å². The van der Waals surface area contributed by atoms with Crippen LogP contribution in [0.1, 0.15) is 19.5 Å². The fourth-order valence-electron chi connectivity index (χ4n) is 4.44. The number of alkyl halides is 3. The first kappa shape index (κ1) is 32.9. The van der Waals surface area contributed by atoms with Crippen molar-refractivity contribution in [3.63, 3.8) is 0 Å². The SMILES string of the molecule is COC(=O)C(C)(C)COc1ccc(-c2ccc(-c3nc(-c4ccccc4)c(C(F)(F)F)n3COCC[Si](C)(C)C)cn2)cc1. The van der Waals surface area contributed by atoms with E-state index in [4.69, 9.17) is 14.2 Å². The molecule has 7 nitrogen and oxygen atoms in total. The van der Waals surface area contributed by atoms with Crippen LogP contribution in [0.5, 0.6) is 5.75 Å². The van der Waals surface area contributed by atoms with Crippen molar-refractivity contribution < 1.29 is 32.2 Å². The molecule has 0 saturated heterocycles. The van der Waals surface area contributed by atoms with Gasteiger partial charge in [-0.15, -0.1) is 0 Å². The molecular weight excluding hydrogens is 587 g/mol. The zero-order valence-electron chi connectivity index (χ0n) is 25.9. The number of imidazole rings is 1. The molecule has 0 bridgehead atoms. The van der Waals surface area contributed by atoms with Crippen molar-refractivity contribution in [3.05, 3.63) is 78.6 Å². The number of ether oxygens (including phenoxy) is 3. The number of hydrogen-bond donors (Lipinski definition) is 0. The molecule has 44 heavy (non-hydrogen) atoms. The second kappa shape index (κ2) is 13.4. The molecule has 0 spiro atoms. The number of nitrogens with zero attached hydrogens (tertiary/aromatic N) is 3. The highest BCUT2D eigenvalue weighted by Gasteiger charge is 2.40. The Morgan fingerprint density at radius 1 is 0.909 bits per heavy atom. The summed E-state index contributed by atoms with van der Waals surface area (Å²) in [5.74, 6) is 0.335. The highest BCUT2D eigenvalue weighted by Crippen LogP contribution is 2.40. The summed E-state index contributed by atoms with van der Waals surface area (Å²) in [6.07, 6.45) is -3.14. The van der Waals surface area contributed by atoms with Gasteiger partial charge in [-0.3, -0.25) is 14.3 Å². The molecule has 0 N–H and O–H groups in total. The molecule has 2 aromatic heterocycles. The molecule has 0 fully saturated rings. The standard InChI is InChI=1S/C33H38F3N3O4Si/c1-32(2,31(40)41-3)21-43-26-15-12-23(13-16-26)27-17-14-25(20-37-27)30-38-28(24-10-8-7-9-11-24)29(33(34,35)36)39(30)22-42-18-19-44(4,5)6/h7-17,20H,18-19,21-22H2,1-6H3. The number of hydrogen-bond acceptors (Lipinski definition) is 6. The molecular formula is C33H38F3N3O4Si. The van der Waals surface area contributed by atoms with Gasteiger partial charge in [0.2, 0.25) is 0 Å². The van der Waals surface area contributed by atoms with Crippen molar-refractivity contribution in [3.8, 4) is 39.7 Å². The maximum absolute atomic E-state index is 14.6. The van der Waals surface area contributed by atoms with E-state index < -0.39 is 25.4 Å². The third kappa shape index (κ3) is 8.15. The van der Waals surface area contributed by atoms with Crippen molar-refractivity contribution in [1.82, 2.24) is 14.5 Å². The number of esters is 1. The topological polar surface area (TPSA) is 75.5 Å². The number of aromatic nitrogens is 3. The van der Waals surface area contributed by atoms with Crippen LogP contribution in [0.25, 0.3) is 33.9 Å². The summed E-state index contributed by atoms with van der Waals surface area (Å²) in [5, 5.41) is 0. The first-order chi connectivity index (χ1) is 20.7. The van der Waals surface area contributed by atoms with Gasteiger partial charge in [0.25, 0.3) is 0 Å². The molecule has 0 aliphatic heterocycles. The molecule has 0 atom stereocenters. The van der Waals surface area contributed by atoms with Crippen molar-refractivity contribution >= 4 is 14.0 Å². The summed E-state index contributed by atoms with van der Waals surface area (Å²) in [6.45, 7) is 10.3. The minimum absolute atomic E-state index is 0.125. The Kier molecular flexibility index (Phi) is 10.00. The van der Waals surface area contributed by atoms with E-state index in [-0.39, 0.29) is 30.8 Å². The number of rotatable bonds is 12. The van der Waals surface area contributed by atoms with Gasteiger partial charge in [-0.1, -0.05) is 50.0 Å². The molecule has 11 heteroatoms. The normalized spacial score (nSPS) is 12.3. The zero-order chi connectivity index (χ0) is 32.1. The Morgan fingerprint density at radius 3 is 2.14 bits per heavy atom. The zero-order valence-corrected chi connectivity index (χ0v) is 26.9. The molecule has 0 amide bonds. The second-order valence-electron chi connectivity index (χ2n) is 12.4. The fraction of sp³-hybridized carbons (Fsp3) is 0.364. The van der Waals surface area contributed by atoms with Crippen LogP contribution in [-0.4, -0.2) is 48.9 Å². The summed E-state index contributed by atoms with van der Waals surface area (Å²) < 4.78 is 61.2. The van der Waals surface area contributed by atoms with E-state index in [0.29, 0.717) is 29.2 Å². The van der Waals surface area contributed by atoms with Gasteiger partial charge in [-0.25, -0.2) is 4.98 Å². The summed E-state index contributed by atoms with van der Waals surface area (Å²) in [5.41, 5.74) is 0.388. The van der Waals surface area contributed by atoms with Gasteiger partial charge in [0, 0.05) is 37.6 Å². The minimum atomic E-state index is -4.66. The second-order valence-corrected chi connectivity index (χ2v) is 18.0. The molecule has 4 rings (SSSR count). The largest absolute Gasteiger partial charge is 0.492 e. The van der Waals surface area contributed by atoms with E-state index in [0.717, 1.165) is 16.2 Å². The molecule has 0 radical (unpaired) electrons. The average Bonchev–Trinajstić information content (AvgIpc) is 3.38. The van der Waals surface area contributed by atoms with Crippen molar-refractivity contribution in [2.75, 3.05) is 20.3 Å². The summed E-state index contributed by atoms with van der Waals surface area (Å²) in [4.78, 5) is 21.0. The molecule has 0 saturated carbocycles. The lowest BCUT2D eigenvalue weighted by molar-refractivity contribution is -0.152. The molecule has 0 aliphatic rings. The first-order valence-corrected chi connectivity index (χ1v) is 18.0. The maximum Gasteiger partial charge on any atom is 0.433 e. The van der Waals surface area contributed by atoms with Crippen LogP contribution in [0.15, 0.2) is 72.9 Å². The van der Waals surface area contributed by atoms with Crippen LogP contribution in [0.2, 0.25) is 25.7 Å². The van der Waals surface area contributed by atoms with E-state index in [2.05, 4.69) is 29.6 Å². The Labute approximate surface area is 257 Å². The number of halogens is 3. The van der Waals surface area contributed by atoms with Crippen LogP contribution in [0.3, 0.4) is 0 Å². The third-order valence-corrected chi connectivity index (χ3v) is 8.71. The van der Waals surface area contributed by atoms with E-state index in [1.54, 1.807) is 68.4 Å². The van der Waals surface area contributed by atoms with E-state index in [9.17, 15) is 18.0 Å². The lowest BCUT2D eigenvalue weighted by Crippen LogP contribution is -2.32.